The Morgan fingerprint density at radius 3 is 2.50 bits per heavy atom. The zero-order valence-electron chi connectivity index (χ0n) is 17.3. The lowest BCUT2D eigenvalue weighted by Crippen LogP contribution is -2.26. The van der Waals surface area contributed by atoms with Crippen molar-refractivity contribution in [3.05, 3.63) is 94.3 Å². The second kappa shape index (κ2) is 11.0. The van der Waals surface area contributed by atoms with E-state index in [4.69, 9.17) is 21.1 Å². The quantitative estimate of drug-likeness (QED) is 0.419. The van der Waals surface area contributed by atoms with Gasteiger partial charge in [0.2, 0.25) is 0 Å². The zero-order valence-corrected chi connectivity index (χ0v) is 18.1. The molecule has 3 rings (SSSR count). The van der Waals surface area contributed by atoms with Gasteiger partial charge in [0.1, 0.15) is 12.4 Å². The van der Waals surface area contributed by atoms with Crippen LogP contribution in [-0.4, -0.2) is 13.2 Å². The SMILES string of the molecule is COc1cc(CNC(C)CCc2ccccc2)ccc1OCc1c(F)cccc1Cl. The fourth-order valence-electron chi connectivity index (χ4n) is 3.18. The van der Waals surface area contributed by atoms with Gasteiger partial charge in [0.15, 0.2) is 11.5 Å². The highest BCUT2D eigenvalue weighted by Gasteiger charge is 2.11. The van der Waals surface area contributed by atoms with Crippen molar-refractivity contribution in [2.45, 2.75) is 39.0 Å². The maximum absolute atomic E-state index is 13.9. The van der Waals surface area contributed by atoms with Crippen LogP contribution in [0, 0.1) is 5.82 Å². The summed E-state index contributed by atoms with van der Waals surface area (Å²) >= 11 is 6.07. The Morgan fingerprint density at radius 2 is 1.77 bits per heavy atom. The van der Waals surface area contributed by atoms with Crippen LogP contribution in [0.5, 0.6) is 11.5 Å². The minimum atomic E-state index is -0.383. The molecule has 1 atom stereocenters. The Bertz CT molecular complexity index is 929. The number of hydrogen-bond acceptors (Lipinski definition) is 3. The average Bonchev–Trinajstić information content (AvgIpc) is 2.77. The molecule has 0 fully saturated rings. The van der Waals surface area contributed by atoms with Gasteiger partial charge in [0.25, 0.3) is 0 Å². The summed E-state index contributed by atoms with van der Waals surface area (Å²) in [5, 5.41) is 3.90. The van der Waals surface area contributed by atoms with E-state index in [0.717, 1.165) is 24.9 Å². The fourth-order valence-corrected chi connectivity index (χ4v) is 3.40. The Morgan fingerprint density at radius 1 is 0.967 bits per heavy atom. The highest BCUT2D eigenvalue weighted by Crippen LogP contribution is 2.30. The fraction of sp³-hybridized carbons (Fsp3) is 0.280. The van der Waals surface area contributed by atoms with Crippen molar-refractivity contribution >= 4 is 11.6 Å². The van der Waals surface area contributed by atoms with Crippen LogP contribution in [0.3, 0.4) is 0 Å². The predicted octanol–water partition coefficient (Wildman–Crippen LogP) is 6.18. The highest BCUT2D eigenvalue weighted by molar-refractivity contribution is 6.31. The second-order valence-electron chi connectivity index (χ2n) is 7.28. The van der Waals surface area contributed by atoms with Gasteiger partial charge in [0, 0.05) is 18.2 Å². The van der Waals surface area contributed by atoms with Crippen molar-refractivity contribution in [2.75, 3.05) is 7.11 Å². The molecule has 0 aliphatic carbocycles. The number of hydrogen-bond donors (Lipinski definition) is 1. The lowest BCUT2D eigenvalue weighted by atomic mass is 10.1. The van der Waals surface area contributed by atoms with Crippen LogP contribution in [0.25, 0.3) is 0 Å². The molecule has 0 bridgehead atoms. The van der Waals surface area contributed by atoms with Gasteiger partial charge < -0.3 is 14.8 Å². The first kappa shape index (κ1) is 22.1. The number of halogens is 2. The van der Waals surface area contributed by atoms with Crippen LogP contribution in [0.2, 0.25) is 5.02 Å². The molecule has 0 spiro atoms. The number of benzene rings is 3. The van der Waals surface area contributed by atoms with Crippen LogP contribution < -0.4 is 14.8 Å². The summed E-state index contributed by atoms with van der Waals surface area (Å²) < 4.78 is 25.2. The van der Waals surface area contributed by atoms with E-state index in [-0.39, 0.29) is 12.4 Å². The number of methoxy groups -OCH3 is 1. The van der Waals surface area contributed by atoms with Crippen LogP contribution in [-0.2, 0) is 19.6 Å². The van der Waals surface area contributed by atoms with Gasteiger partial charge in [-0.15, -0.1) is 0 Å². The predicted molar refractivity (Wildman–Crippen MR) is 120 cm³/mol. The van der Waals surface area contributed by atoms with E-state index < -0.39 is 0 Å². The number of nitrogens with one attached hydrogen (secondary N) is 1. The summed E-state index contributed by atoms with van der Waals surface area (Å²) in [6.07, 6.45) is 2.11. The van der Waals surface area contributed by atoms with Crippen molar-refractivity contribution in [3.8, 4) is 11.5 Å². The Hall–Kier alpha value is -2.56. The smallest absolute Gasteiger partial charge is 0.161 e. The molecule has 0 saturated carbocycles. The summed E-state index contributed by atoms with van der Waals surface area (Å²) in [5.74, 6) is 0.781. The van der Waals surface area contributed by atoms with Crippen LogP contribution in [0.1, 0.15) is 30.0 Å². The summed E-state index contributed by atoms with van der Waals surface area (Å²) in [5.41, 5.74) is 2.78. The van der Waals surface area contributed by atoms with Gasteiger partial charge in [-0.1, -0.05) is 54.1 Å². The largest absolute Gasteiger partial charge is 0.493 e. The normalized spacial score (nSPS) is 11.9. The molecule has 3 aromatic rings. The third kappa shape index (κ3) is 6.22. The van der Waals surface area contributed by atoms with E-state index in [1.54, 1.807) is 19.2 Å². The minimum Gasteiger partial charge on any atom is -0.493 e. The molecule has 0 aliphatic heterocycles. The molecular weight excluding hydrogens is 401 g/mol. The highest BCUT2D eigenvalue weighted by atomic mass is 35.5. The monoisotopic (exact) mass is 427 g/mol. The van der Waals surface area contributed by atoms with Crippen molar-refractivity contribution in [2.24, 2.45) is 0 Å². The lowest BCUT2D eigenvalue weighted by molar-refractivity contribution is 0.279. The molecule has 0 aromatic heterocycles. The molecule has 0 heterocycles. The molecule has 0 amide bonds. The van der Waals surface area contributed by atoms with Gasteiger partial charge >= 0.3 is 0 Å². The molecule has 0 saturated heterocycles. The number of ether oxygens (including phenoxy) is 2. The van der Waals surface area contributed by atoms with Crippen LogP contribution in [0.4, 0.5) is 4.39 Å². The van der Waals surface area contributed by atoms with Gasteiger partial charge in [-0.2, -0.15) is 0 Å². The first-order chi connectivity index (χ1) is 14.6. The minimum absolute atomic E-state index is 0.0377. The van der Waals surface area contributed by atoms with E-state index in [2.05, 4.69) is 36.5 Å². The molecule has 3 nitrogen and oxygen atoms in total. The number of aryl methyl sites for hydroxylation is 1. The standard InChI is InChI=1S/C25H27ClFNO2/c1-18(11-12-19-7-4-3-5-8-19)28-16-20-13-14-24(25(15-20)29-2)30-17-21-22(26)9-6-10-23(21)27/h3-10,13-15,18,28H,11-12,16-17H2,1-2H3. The van der Waals surface area contributed by atoms with Crippen molar-refractivity contribution in [3.63, 3.8) is 0 Å². The molecule has 0 aliphatic rings. The third-order valence-corrected chi connectivity index (χ3v) is 5.38. The summed E-state index contributed by atoms with van der Waals surface area (Å²) in [7, 11) is 1.60. The van der Waals surface area contributed by atoms with Crippen molar-refractivity contribution < 1.29 is 13.9 Å². The first-order valence-electron chi connectivity index (χ1n) is 10.1. The van der Waals surface area contributed by atoms with E-state index >= 15 is 0 Å². The Kier molecular flexibility index (Phi) is 8.12. The van der Waals surface area contributed by atoms with Gasteiger partial charge in [-0.25, -0.2) is 4.39 Å². The van der Waals surface area contributed by atoms with Crippen LogP contribution in [0.15, 0.2) is 66.7 Å². The Labute approximate surface area is 182 Å². The second-order valence-corrected chi connectivity index (χ2v) is 7.69. The van der Waals surface area contributed by atoms with Gasteiger partial charge in [-0.3, -0.25) is 0 Å². The van der Waals surface area contributed by atoms with Crippen molar-refractivity contribution in [1.29, 1.82) is 0 Å². The summed E-state index contributed by atoms with van der Waals surface area (Å²) in [4.78, 5) is 0. The number of rotatable bonds is 10. The molecule has 3 aromatic carbocycles. The topological polar surface area (TPSA) is 30.5 Å². The lowest BCUT2D eigenvalue weighted by Gasteiger charge is -2.16. The average molecular weight is 428 g/mol. The summed E-state index contributed by atoms with van der Waals surface area (Å²) in [6.45, 7) is 2.96. The third-order valence-electron chi connectivity index (χ3n) is 5.03. The molecule has 0 radical (unpaired) electrons. The van der Waals surface area contributed by atoms with E-state index in [1.807, 2.05) is 24.3 Å². The molecule has 1 unspecified atom stereocenters. The summed E-state index contributed by atoms with van der Waals surface area (Å²) in [6, 6.07) is 21.2. The zero-order chi connectivity index (χ0) is 21.3. The maximum Gasteiger partial charge on any atom is 0.161 e. The van der Waals surface area contributed by atoms with E-state index in [1.165, 1.54) is 11.6 Å². The molecule has 5 heteroatoms. The molecule has 30 heavy (non-hydrogen) atoms. The van der Waals surface area contributed by atoms with Gasteiger partial charge in [-0.05, 0) is 55.2 Å². The maximum atomic E-state index is 13.9. The Balaban J connectivity index is 1.54. The molecular formula is C25H27ClFNO2. The van der Waals surface area contributed by atoms with Gasteiger partial charge in [0.05, 0.1) is 12.1 Å². The van der Waals surface area contributed by atoms with E-state index in [0.29, 0.717) is 28.1 Å². The van der Waals surface area contributed by atoms with Crippen LogP contribution >= 0.6 is 11.6 Å². The molecule has 158 valence electrons. The van der Waals surface area contributed by atoms with Crippen molar-refractivity contribution in [1.82, 2.24) is 5.32 Å². The molecule has 1 N–H and O–H groups in total. The van der Waals surface area contributed by atoms with E-state index in [9.17, 15) is 4.39 Å². The first-order valence-corrected chi connectivity index (χ1v) is 10.4.